The molecule has 6 nitrogen and oxygen atoms in total. The van der Waals surface area contributed by atoms with Crippen LogP contribution in [-0.4, -0.2) is 60.5 Å². The lowest BCUT2D eigenvalue weighted by atomic mass is 10.0. The zero-order valence-electron chi connectivity index (χ0n) is 13.5. The van der Waals surface area contributed by atoms with Gasteiger partial charge in [0.05, 0.1) is 12.6 Å². The number of hydrogen-bond donors (Lipinski definition) is 2. The highest BCUT2D eigenvalue weighted by Gasteiger charge is 2.31. The molecule has 23 heavy (non-hydrogen) atoms. The van der Waals surface area contributed by atoms with Crippen molar-refractivity contribution in [1.29, 1.82) is 0 Å². The fraction of sp³-hybridized carbons (Fsp3) is 0.625. The van der Waals surface area contributed by atoms with Gasteiger partial charge in [0.25, 0.3) is 0 Å². The summed E-state index contributed by atoms with van der Waals surface area (Å²) in [5.74, 6) is 0.0725. The van der Waals surface area contributed by atoms with E-state index < -0.39 is 0 Å². The van der Waals surface area contributed by atoms with Crippen molar-refractivity contribution in [2.24, 2.45) is 0 Å². The van der Waals surface area contributed by atoms with Crippen LogP contribution >= 0.6 is 11.3 Å². The van der Waals surface area contributed by atoms with E-state index >= 15 is 0 Å². The summed E-state index contributed by atoms with van der Waals surface area (Å²) in [6.07, 6.45) is 1.89. The van der Waals surface area contributed by atoms with Crippen molar-refractivity contribution in [1.82, 2.24) is 20.4 Å². The van der Waals surface area contributed by atoms with E-state index in [2.05, 4.69) is 15.5 Å². The number of nitrogens with zero attached hydrogens (tertiary/aromatic N) is 2. The van der Waals surface area contributed by atoms with Crippen LogP contribution in [0.3, 0.4) is 0 Å². The normalized spacial score (nSPS) is 21.3. The van der Waals surface area contributed by atoms with Gasteiger partial charge in [0.1, 0.15) is 0 Å². The molecule has 0 radical (unpaired) electrons. The van der Waals surface area contributed by atoms with Crippen molar-refractivity contribution < 1.29 is 9.59 Å². The number of nitrogens with one attached hydrogen (secondary N) is 2. The lowest BCUT2D eigenvalue weighted by Crippen LogP contribution is -2.48. The van der Waals surface area contributed by atoms with Gasteiger partial charge in [-0.05, 0) is 31.2 Å². The molecule has 7 heteroatoms. The summed E-state index contributed by atoms with van der Waals surface area (Å²) in [6.45, 7) is 5.76. The molecule has 0 spiro atoms. The Hall–Kier alpha value is -1.60. The van der Waals surface area contributed by atoms with E-state index in [4.69, 9.17) is 0 Å². The minimum Gasteiger partial charge on any atom is -0.348 e. The standard InChI is InChI=1S/C16H24N4O2S/c1-12(14-3-2-10-23-14)18-15(21)11-19-7-4-13(5-8-19)20-9-6-17-16(20)22/h2-3,10,12-13H,4-9,11H2,1H3,(H,17,22)(H,18,21)/t12-/m0/s1. The van der Waals surface area contributed by atoms with Crippen LogP contribution in [0.5, 0.6) is 0 Å². The molecule has 2 N–H and O–H groups in total. The van der Waals surface area contributed by atoms with Gasteiger partial charge in [-0.25, -0.2) is 4.79 Å². The molecule has 0 saturated carbocycles. The highest BCUT2D eigenvalue weighted by atomic mass is 32.1. The summed E-state index contributed by atoms with van der Waals surface area (Å²) in [4.78, 5) is 29.2. The highest BCUT2D eigenvalue weighted by Crippen LogP contribution is 2.19. The van der Waals surface area contributed by atoms with Gasteiger partial charge < -0.3 is 15.5 Å². The molecular weight excluding hydrogens is 312 g/mol. The van der Waals surface area contributed by atoms with Crippen molar-refractivity contribution in [3.05, 3.63) is 22.4 Å². The average Bonchev–Trinajstić information content (AvgIpc) is 3.19. The summed E-state index contributed by atoms with van der Waals surface area (Å²) in [5.41, 5.74) is 0. The number of carbonyl (C=O) groups excluding carboxylic acids is 2. The third-order valence-electron chi connectivity index (χ3n) is 4.60. The first-order chi connectivity index (χ1) is 11.1. The van der Waals surface area contributed by atoms with Crippen LogP contribution in [0.4, 0.5) is 4.79 Å². The van der Waals surface area contributed by atoms with Gasteiger partial charge in [0.2, 0.25) is 5.91 Å². The maximum atomic E-state index is 12.2. The predicted molar refractivity (Wildman–Crippen MR) is 90.4 cm³/mol. The third kappa shape index (κ3) is 4.03. The first-order valence-electron chi connectivity index (χ1n) is 8.23. The number of hydrogen-bond acceptors (Lipinski definition) is 4. The number of carbonyl (C=O) groups is 2. The fourth-order valence-corrected chi connectivity index (χ4v) is 4.06. The summed E-state index contributed by atoms with van der Waals surface area (Å²) in [7, 11) is 0. The fourth-order valence-electron chi connectivity index (χ4n) is 3.32. The van der Waals surface area contributed by atoms with E-state index in [-0.39, 0.29) is 18.0 Å². The first-order valence-corrected chi connectivity index (χ1v) is 9.11. The molecule has 2 saturated heterocycles. The molecule has 3 heterocycles. The van der Waals surface area contributed by atoms with Gasteiger partial charge >= 0.3 is 6.03 Å². The average molecular weight is 336 g/mol. The van der Waals surface area contributed by atoms with Crippen LogP contribution in [0, 0.1) is 0 Å². The Labute approximate surface area is 140 Å². The molecule has 2 aliphatic rings. The minimum absolute atomic E-state index is 0.0611. The number of piperidine rings is 1. The smallest absolute Gasteiger partial charge is 0.317 e. The van der Waals surface area contributed by atoms with E-state index in [0.717, 1.165) is 39.0 Å². The van der Waals surface area contributed by atoms with E-state index in [1.54, 1.807) is 11.3 Å². The Balaban J connectivity index is 1.41. The Bertz CT molecular complexity index is 540. The van der Waals surface area contributed by atoms with E-state index in [1.165, 1.54) is 4.88 Å². The van der Waals surface area contributed by atoms with Crippen molar-refractivity contribution in [2.75, 3.05) is 32.7 Å². The Morgan fingerprint density at radius 3 is 2.83 bits per heavy atom. The molecule has 1 aromatic rings. The summed E-state index contributed by atoms with van der Waals surface area (Å²) < 4.78 is 0. The van der Waals surface area contributed by atoms with Gasteiger partial charge in [0.15, 0.2) is 0 Å². The molecule has 2 aliphatic heterocycles. The topological polar surface area (TPSA) is 64.7 Å². The number of urea groups is 1. The van der Waals surface area contributed by atoms with Gasteiger partial charge in [-0.15, -0.1) is 11.3 Å². The lowest BCUT2D eigenvalue weighted by molar-refractivity contribution is -0.123. The number of amides is 3. The second-order valence-electron chi connectivity index (χ2n) is 6.24. The van der Waals surface area contributed by atoms with Gasteiger partial charge in [-0.2, -0.15) is 0 Å². The largest absolute Gasteiger partial charge is 0.348 e. The van der Waals surface area contributed by atoms with E-state index in [0.29, 0.717) is 12.6 Å². The van der Waals surface area contributed by atoms with Crippen LogP contribution in [0.2, 0.25) is 0 Å². The molecule has 3 rings (SSSR count). The van der Waals surface area contributed by atoms with Crippen LogP contribution in [0.25, 0.3) is 0 Å². The summed E-state index contributed by atoms with van der Waals surface area (Å²) in [5, 5.41) is 7.94. The molecule has 126 valence electrons. The Kier molecular flexibility index (Phi) is 5.17. The first kappa shape index (κ1) is 16.3. The zero-order chi connectivity index (χ0) is 16.2. The summed E-state index contributed by atoms with van der Waals surface area (Å²) in [6, 6.07) is 4.49. The van der Waals surface area contributed by atoms with Crippen molar-refractivity contribution in [2.45, 2.75) is 31.8 Å². The second-order valence-corrected chi connectivity index (χ2v) is 7.22. The number of rotatable bonds is 5. The van der Waals surface area contributed by atoms with Crippen molar-refractivity contribution in [3.8, 4) is 0 Å². The maximum Gasteiger partial charge on any atom is 0.317 e. The quantitative estimate of drug-likeness (QED) is 0.855. The predicted octanol–water partition coefficient (Wildman–Crippen LogP) is 1.41. The third-order valence-corrected chi connectivity index (χ3v) is 5.66. The monoisotopic (exact) mass is 336 g/mol. The van der Waals surface area contributed by atoms with Crippen molar-refractivity contribution >= 4 is 23.3 Å². The maximum absolute atomic E-state index is 12.2. The van der Waals surface area contributed by atoms with Gasteiger partial charge in [0, 0.05) is 37.1 Å². The molecule has 0 aromatic carbocycles. The number of thiophene rings is 1. The van der Waals surface area contributed by atoms with Gasteiger partial charge in [-0.3, -0.25) is 9.69 Å². The highest BCUT2D eigenvalue weighted by molar-refractivity contribution is 7.10. The second kappa shape index (κ2) is 7.31. The number of likely N-dealkylation sites (tertiary alicyclic amines) is 1. The molecule has 1 atom stereocenters. The van der Waals surface area contributed by atoms with E-state index in [1.807, 2.05) is 29.3 Å². The minimum atomic E-state index is 0.0611. The molecule has 1 aromatic heterocycles. The van der Waals surface area contributed by atoms with Crippen LogP contribution in [-0.2, 0) is 4.79 Å². The summed E-state index contributed by atoms with van der Waals surface area (Å²) >= 11 is 1.66. The van der Waals surface area contributed by atoms with Crippen molar-refractivity contribution in [3.63, 3.8) is 0 Å². The zero-order valence-corrected chi connectivity index (χ0v) is 14.3. The van der Waals surface area contributed by atoms with Crippen LogP contribution in [0.15, 0.2) is 17.5 Å². The SMILES string of the molecule is C[C@H](NC(=O)CN1CCC(N2CCNC2=O)CC1)c1cccs1. The van der Waals surface area contributed by atoms with E-state index in [9.17, 15) is 9.59 Å². The van der Waals surface area contributed by atoms with Gasteiger partial charge in [-0.1, -0.05) is 6.07 Å². The molecule has 0 aliphatic carbocycles. The molecule has 3 amide bonds. The Morgan fingerprint density at radius 2 is 2.22 bits per heavy atom. The Morgan fingerprint density at radius 1 is 1.43 bits per heavy atom. The van der Waals surface area contributed by atoms with Crippen LogP contribution < -0.4 is 10.6 Å². The van der Waals surface area contributed by atoms with Crippen LogP contribution in [0.1, 0.15) is 30.7 Å². The molecular formula is C16H24N4O2S. The molecule has 0 unspecified atom stereocenters. The molecule has 0 bridgehead atoms. The molecule has 2 fully saturated rings. The lowest BCUT2D eigenvalue weighted by Gasteiger charge is -2.35.